The highest BCUT2D eigenvalue weighted by Crippen LogP contribution is 2.57. The van der Waals surface area contributed by atoms with Crippen molar-refractivity contribution < 1.29 is 41.7 Å². The van der Waals surface area contributed by atoms with E-state index in [4.69, 9.17) is 18.9 Å². The van der Waals surface area contributed by atoms with E-state index in [1.165, 1.54) is 19.2 Å². The SMILES string of the molecule is CCOC(=O)C(C)(C)Oc1c(C)cc(C2CC2C(OC)c2ccc(OC(F)(F)F)cc2OC)cc1C. The molecule has 0 saturated heterocycles. The van der Waals surface area contributed by atoms with Crippen LogP contribution >= 0.6 is 0 Å². The van der Waals surface area contributed by atoms with E-state index >= 15 is 0 Å². The number of aryl methyl sites for hydroxylation is 2. The number of ether oxygens (including phenoxy) is 5. The van der Waals surface area contributed by atoms with Crippen molar-refractivity contribution in [2.45, 2.75) is 65.0 Å². The van der Waals surface area contributed by atoms with Gasteiger partial charge in [0.05, 0.1) is 19.8 Å². The van der Waals surface area contributed by atoms with Crippen molar-refractivity contribution >= 4 is 5.97 Å². The van der Waals surface area contributed by atoms with Crippen molar-refractivity contribution in [1.82, 2.24) is 0 Å². The quantitative estimate of drug-likeness (QED) is 0.344. The van der Waals surface area contributed by atoms with Gasteiger partial charge in [-0.25, -0.2) is 4.79 Å². The van der Waals surface area contributed by atoms with E-state index in [2.05, 4.69) is 4.74 Å². The number of methoxy groups -OCH3 is 2. The highest BCUT2D eigenvalue weighted by Gasteiger charge is 2.46. The number of alkyl halides is 3. The zero-order valence-electron chi connectivity index (χ0n) is 21.6. The van der Waals surface area contributed by atoms with Gasteiger partial charge in [0, 0.05) is 18.7 Å². The van der Waals surface area contributed by atoms with E-state index in [0.717, 1.165) is 23.1 Å². The van der Waals surface area contributed by atoms with Gasteiger partial charge in [0.1, 0.15) is 17.2 Å². The molecule has 3 rings (SSSR count). The number of esters is 1. The molecule has 36 heavy (non-hydrogen) atoms. The number of benzene rings is 2. The number of rotatable bonds is 10. The summed E-state index contributed by atoms with van der Waals surface area (Å²) in [6, 6.07) is 8.11. The predicted molar refractivity (Wildman–Crippen MR) is 128 cm³/mol. The monoisotopic (exact) mass is 510 g/mol. The summed E-state index contributed by atoms with van der Waals surface area (Å²) in [4.78, 5) is 12.3. The van der Waals surface area contributed by atoms with E-state index in [9.17, 15) is 18.0 Å². The number of hydrogen-bond acceptors (Lipinski definition) is 6. The molecular formula is C27H33F3O6. The van der Waals surface area contributed by atoms with E-state index in [0.29, 0.717) is 11.3 Å². The number of hydrogen-bond donors (Lipinski definition) is 0. The first kappa shape index (κ1) is 27.6. The molecule has 1 aliphatic carbocycles. The van der Waals surface area contributed by atoms with Gasteiger partial charge in [0.15, 0.2) is 5.60 Å². The Kier molecular flexibility index (Phi) is 8.13. The van der Waals surface area contributed by atoms with Gasteiger partial charge in [-0.3, -0.25) is 0 Å². The first-order valence-corrected chi connectivity index (χ1v) is 11.7. The lowest BCUT2D eigenvalue weighted by atomic mass is 9.97. The summed E-state index contributed by atoms with van der Waals surface area (Å²) in [5, 5.41) is 0. The number of carbonyl (C=O) groups is 1. The molecule has 3 unspecified atom stereocenters. The Labute approximate surface area is 209 Å². The molecule has 1 aliphatic rings. The minimum Gasteiger partial charge on any atom is -0.496 e. The molecule has 0 bridgehead atoms. The normalized spacial score (nSPS) is 18.4. The Hall–Kier alpha value is -2.94. The van der Waals surface area contributed by atoms with Crippen LogP contribution in [0.1, 0.15) is 61.5 Å². The third-order valence-electron chi connectivity index (χ3n) is 6.26. The molecule has 1 fully saturated rings. The van der Waals surface area contributed by atoms with Crippen LogP contribution in [0.3, 0.4) is 0 Å². The van der Waals surface area contributed by atoms with E-state index in [1.54, 1.807) is 33.9 Å². The van der Waals surface area contributed by atoms with Crippen LogP contribution in [0.5, 0.6) is 17.2 Å². The lowest BCUT2D eigenvalue weighted by molar-refractivity contribution is -0.274. The fourth-order valence-corrected chi connectivity index (χ4v) is 4.55. The fourth-order valence-electron chi connectivity index (χ4n) is 4.55. The van der Waals surface area contributed by atoms with Crippen molar-refractivity contribution in [3.05, 3.63) is 52.6 Å². The van der Waals surface area contributed by atoms with Crippen LogP contribution in [0.15, 0.2) is 30.3 Å². The van der Waals surface area contributed by atoms with Crippen molar-refractivity contribution in [2.24, 2.45) is 5.92 Å². The Balaban J connectivity index is 1.81. The van der Waals surface area contributed by atoms with Gasteiger partial charge in [0.25, 0.3) is 0 Å². The van der Waals surface area contributed by atoms with Gasteiger partial charge in [-0.15, -0.1) is 13.2 Å². The molecule has 0 aromatic heterocycles. The highest BCUT2D eigenvalue weighted by atomic mass is 19.4. The summed E-state index contributed by atoms with van der Waals surface area (Å²) < 4.78 is 64.2. The standard InChI is InChI=1S/C27H33F3O6/c1-8-34-25(31)26(4,5)36-23-15(2)11-17(12-16(23)3)20-14-21(20)24(33-7)19-10-9-18(13-22(19)32-6)35-27(28,29)30/h9-13,20-21,24H,8,14H2,1-7H3. The fraction of sp³-hybridized carbons (Fsp3) is 0.519. The summed E-state index contributed by atoms with van der Waals surface area (Å²) in [6.07, 6.45) is -4.31. The zero-order chi connectivity index (χ0) is 26.8. The Morgan fingerprint density at radius 3 is 2.22 bits per heavy atom. The van der Waals surface area contributed by atoms with Gasteiger partial charge in [-0.1, -0.05) is 12.1 Å². The van der Waals surface area contributed by atoms with Gasteiger partial charge in [-0.05, 0) is 81.7 Å². The molecule has 0 radical (unpaired) electrons. The molecule has 0 aliphatic heterocycles. The molecule has 0 heterocycles. The first-order valence-electron chi connectivity index (χ1n) is 11.7. The molecule has 9 heteroatoms. The first-order chi connectivity index (χ1) is 16.8. The smallest absolute Gasteiger partial charge is 0.496 e. The second kappa shape index (κ2) is 10.6. The second-order valence-corrected chi connectivity index (χ2v) is 9.43. The third kappa shape index (κ3) is 6.24. The van der Waals surface area contributed by atoms with Gasteiger partial charge in [-0.2, -0.15) is 0 Å². The van der Waals surface area contributed by atoms with Gasteiger partial charge in [0.2, 0.25) is 0 Å². The average Bonchev–Trinajstić information content (AvgIpc) is 3.57. The van der Waals surface area contributed by atoms with E-state index < -0.39 is 17.9 Å². The molecule has 0 N–H and O–H groups in total. The summed E-state index contributed by atoms with van der Waals surface area (Å²) in [5.41, 5.74) is 2.43. The minimum absolute atomic E-state index is 0.111. The summed E-state index contributed by atoms with van der Waals surface area (Å²) >= 11 is 0. The maximum absolute atomic E-state index is 12.6. The lowest BCUT2D eigenvalue weighted by Crippen LogP contribution is -2.40. The molecule has 0 spiro atoms. The second-order valence-electron chi connectivity index (χ2n) is 9.43. The topological polar surface area (TPSA) is 63.2 Å². The van der Waals surface area contributed by atoms with Gasteiger partial charge >= 0.3 is 12.3 Å². The summed E-state index contributed by atoms with van der Waals surface area (Å²) in [5.74, 6) is 0.428. The maximum Gasteiger partial charge on any atom is 0.573 e. The van der Waals surface area contributed by atoms with Crippen molar-refractivity contribution in [3.63, 3.8) is 0 Å². The molecule has 6 nitrogen and oxygen atoms in total. The third-order valence-corrected chi connectivity index (χ3v) is 6.26. The predicted octanol–water partition coefficient (Wildman–Crippen LogP) is 6.42. The summed E-state index contributed by atoms with van der Waals surface area (Å²) in [7, 11) is 2.97. The maximum atomic E-state index is 12.6. The number of carbonyl (C=O) groups excluding carboxylic acids is 1. The summed E-state index contributed by atoms with van der Waals surface area (Å²) in [6.45, 7) is 9.24. The molecular weight excluding hydrogens is 477 g/mol. The molecule has 0 amide bonds. The molecule has 2 aromatic carbocycles. The largest absolute Gasteiger partial charge is 0.573 e. The van der Waals surface area contributed by atoms with E-state index in [1.807, 2.05) is 26.0 Å². The average molecular weight is 511 g/mol. The van der Waals surface area contributed by atoms with Crippen molar-refractivity contribution in [1.29, 1.82) is 0 Å². The Morgan fingerprint density at radius 2 is 1.69 bits per heavy atom. The zero-order valence-corrected chi connectivity index (χ0v) is 21.6. The molecule has 198 valence electrons. The lowest BCUT2D eigenvalue weighted by Gasteiger charge is -2.26. The van der Waals surface area contributed by atoms with Crippen LogP contribution < -0.4 is 14.2 Å². The van der Waals surface area contributed by atoms with Gasteiger partial charge < -0.3 is 23.7 Å². The molecule has 2 aromatic rings. The Morgan fingerprint density at radius 1 is 1.06 bits per heavy atom. The van der Waals surface area contributed by atoms with Crippen molar-refractivity contribution in [2.75, 3.05) is 20.8 Å². The molecule has 3 atom stereocenters. The highest BCUT2D eigenvalue weighted by molar-refractivity contribution is 5.79. The van der Waals surface area contributed by atoms with E-state index in [-0.39, 0.29) is 36.0 Å². The van der Waals surface area contributed by atoms with Crippen LogP contribution in [0.4, 0.5) is 13.2 Å². The minimum atomic E-state index is -4.79. The Bertz CT molecular complexity index is 1070. The molecule has 1 saturated carbocycles. The van der Waals surface area contributed by atoms with Crippen LogP contribution in [-0.2, 0) is 14.3 Å². The number of halogens is 3. The van der Waals surface area contributed by atoms with Crippen LogP contribution in [0, 0.1) is 19.8 Å². The van der Waals surface area contributed by atoms with Crippen LogP contribution in [0.2, 0.25) is 0 Å². The van der Waals surface area contributed by atoms with Crippen LogP contribution in [-0.4, -0.2) is 38.8 Å². The van der Waals surface area contributed by atoms with Crippen LogP contribution in [0.25, 0.3) is 0 Å². The van der Waals surface area contributed by atoms with Crippen molar-refractivity contribution in [3.8, 4) is 17.2 Å².